The van der Waals surface area contributed by atoms with Crippen molar-refractivity contribution in [1.29, 1.82) is 0 Å². The zero-order chi connectivity index (χ0) is 16.8. The number of hydrogen-bond acceptors (Lipinski definition) is 3. The number of benzene rings is 1. The Balaban J connectivity index is 1.95. The predicted octanol–water partition coefficient (Wildman–Crippen LogP) is 3.61. The minimum Gasteiger partial charge on any atom is -0.496 e. The lowest BCUT2D eigenvalue weighted by molar-refractivity contribution is 0.237. The SMILES string of the molecule is COc1ccc(Cl)cc1CNC(=O)NC(C)c1ncccc1C. The highest BCUT2D eigenvalue weighted by atomic mass is 35.5. The Hall–Kier alpha value is -2.27. The zero-order valence-electron chi connectivity index (χ0n) is 13.4. The number of hydrogen-bond donors (Lipinski definition) is 2. The second-order valence-electron chi connectivity index (χ2n) is 5.21. The van der Waals surface area contributed by atoms with Gasteiger partial charge >= 0.3 is 6.03 Å². The number of ether oxygens (including phenoxy) is 1. The molecule has 0 radical (unpaired) electrons. The van der Waals surface area contributed by atoms with Crippen LogP contribution in [0.25, 0.3) is 0 Å². The molecular formula is C17H20ClN3O2. The molecule has 0 saturated carbocycles. The third-order valence-electron chi connectivity index (χ3n) is 3.49. The maximum atomic E-state index is 12.1. The molecule has 1 aromatic carbocycles. The summed E-state index contributed by atoms with van der Waals surface area (Å²) in [6, 6.07) is 8.67. The molecule has 0 aliphatic heterocycles. The molecule has 0 spiro atoms. The van der Waals surface area contributed by atoms with Crippen LogP contribution in [0, 0.1) is 6.92 Å². The summed E-state index contributed by atoms with van der Waals surface area (Å²) in [5.74, 6) is 0.684. The quantitative estimate of drug-likeness (QED) is 0.878. The number of pyridine rings is 1. The first-order chi connectivity index (χ1) is 11.0. The van der Waals surface area contributed by atoms with Gasteiger partial charge in [-0.1, -0.05) is 17.7 Å². The van der Waals surface area contributed by atoms with Crippen LogP contribution in [0.2, 0.25) is 5.02 Å². The smallest absolute Gasteiger partial charge is 0.315 e. The van der Waals surface area contributed by atoms with Crippen LogP contribution in [0.3, 0.4) is 0 Å². The van der Waals surface area contributed by atoms with Gasteiger partial charge in [-0.2, -0.15) is 0 Å². The number of halogens is 1. The second-order valence-corrected chi connectivity index (χ2v) is 5.65. The van der Waals surface area contributed by atoms with E-state index in [1.807, 2.05) is 26.0 Å². The van der Waals surface area contributed by atoms with E-state index in [1.165, 1.54) is 0 Å². The third-order valence-corrected chi connectivity index (χ3v) is 3.72. The van der Waals surface area contributed by atoms with Gasteiger partial charge in [-0.3, -0.25) is 4.98 Å². The molecule has 1 aromatic heterocycles. The summed E-state index contributed by atoms with van der Waals surface area (Å²) >= 11 is 5.98. The molecule has 6 heteroatoms. The number of nitrogens with zero attached hydrogens (tertiary/aromatic N) is 1. The molecule has 23 heavy (non-hydrogen) atoms. The van der Waals surface area contributed by atoms with E-state index < -0.39 is 0 Å². The molecule has 1 unspecified atom stereocenters. The van der Waals surface area contributed by atoms with Crippen LogP contribution in [0.5, 0.6) is 5.75 Å². The molecule has 0 fully saturated rings. The molecule has 5 nitrogen and oxygen atoms in total. The molecule has 0 bridgehead atoms. The van der Waals surface area contributed by atoms with Crippen molar-refractivity contribution in [3.05, 3.63) is 58.4 Å². The van der Waals surface area contributed by atoms with E-state index in [0.29, 0.717) is 17.3 Å². The fourth-order valence-electron chi connectivity index (χ4n) is 2.33. The number of amides is 2. The molecule has 2 amide bonds. The van der Waals surface area contributed by atoms with Crippen molar-refractivity contribution in [3.8, 4) is 5.75 Å². The van der Waals surface area contributed by atoms with Crippen molar-refractivity contribution in [2.45, 2.75) is 26.4 Å². The molecule has 122 valence electrons. The molecule has 0 aliphatic carbocycles. The number of rotatable bonds is 5. The number of aromatic nitrogens is 1. The molecule has 0 saturated heterocycles. The lowest BCUT2D eigenvalue weighted by Gasteiger charge is -2.16. The van der Waals surface area contributed by atoms with Crippen molar-refractivity contribution in [1.82, 2.24) is 15.6 Å². The van der Waals surface area contributed by atoms with Crippen LogP contribution in [-0.4, -0.2) is 18.1 Å². The van der Waals surface area contributed by atoms with Gasteiger partial charge in [-0.05, 0) is 43.7 Å². The van der Waals surface area contributed by atoms with Gasteiger partial charge in [0.25, 0.3) is 0 Å². The summed E-state index contributed by atoms with van der Waals surface area (Å²) < 4.78 is 5.26. The lowest BCUT2D eigenvalue weighted by Crippen LogP contribution is -2.37. The Bertz CT molecular complexity index is 691. The lowest BCUT2D eigenvalue weighted by atomic mass is 10.1. The fraction of sp³-hybridized carbons (Fsp3) is 0.294. The van der Waals surface area contributed by atoms with Gasteiger partial charge in [0.15, 0.2) is 0 Å². The highest BCUT2D eigenvalue weighted by Gasteiger charge is 2.13. The topological polar surface area (TPSA) is 63.2 Å². The minimum absolute atomic E-state index is 0.183. The second kappa shape index (κ2) is 7.83. The van der Waals surface area contributed by atoms with Gasteiger partial charge in [0.2, 0.25) is 0 Å². The van der Waals surface area contributed by atoms with Crippen molar-refractivity contribution in [2.75, 3.05) is 7.11 Å². The van der Waals surface area contributed by atoms with E-state index in [9.17, 15) is 4.79 Å². The van der Waals surface area contributed by atoms with Crippen molar-refractivity contribution >= 4 is 17.6 Å². The molecule has 2 N–H and O–H groups in total. The van der Waals surface area contributed by atoms with Crippen LogP contribution >= 0.6 is 11.6 Å². The van der Waals surface area contributed by atoms with Crippen molar-refractivity contribution < 1.29 is 9.53 Å². The van der Waals surface area contributed by atoms with Crippen LogP contribution < -0.4 is 15.4 Å². The van der Waals surface area contributed by atoms with Crippen molar-refractivity contribution in [2.24, 2.45) is 0 Å². The molecule has 1 heterocycles. The summed E-state index contributed by atoms with van der Waals surface area (Å²) in [5, 5.41) is 6.28. The summed E-state index contributed by atoms with van der Waals surface area (Å²) in [5.41, 5.74) is 2.71. The number of aryl methyl sites for hydroxylation is 1. The highest BCUT2D eigenvalue weighted by molar-refractivity contribution is 6.30. The Morgan fingerprint density at radius 2 is 2.17 bits per heavy atom. The molecule has 1 atom stereocenters. The summed E-state index contributed by atoms with van der Waals surface area (Å²) in [4.78, 5) is 16.4. The number of methoxy groups -OCH3 is 1. The van der Waals surface area contributed by atoms with Gasteiger partial charge in [0, 0.05) is 23.3 Å². The summed E-state index contributed by atoms with van der Waals surface area (Å²) in [6.45, 7) is 4.19. The number of carbonyl (C=O) groups is 1. The van der Waals surface area contributed by atoms with E-state index in [2.05, 4.69) is 15.6 Å². The van der Waals surface area contributed by atoms with E-state index in [0.717, 1.165) is 16.8 Å². The average Bonchev–Trinajstić information content (AvgIpc) is 2.53. The van der Waals surface area contributed by atoms with E-state index in [-0.39, 0.29) is 12.1 Å². The normalized spacial score (nSPS) is 11.7. The van der Waals surface area contributed by atoms with Crippen LogP contribution in [-0.2, 0) is 6.54 Å². The zero-order valence-corrected chi connectivity index (χ0v) is 14.1. The maximum absolute atomic E-state index is 12.1. The highest BCUT2D eigenvalue weighted by Crippen LogP contribution is 2.22. The van der Waals surface area contributed by atoms with E-state index >= 15 is 0 Å². The molecule has 2 aromatic rings. The van der Waals surface area contributed by atoms with Crippen LogP contribution in [0.1, 0.15) is 29.8 Å². The first-order valence-electron chi connectivity index (χ1n) is 7.29. The maximum Gasteiger partial charge on any atom is 0.315 e. The van der Waals surface area contributed by atoms with Crippen LogP contribution in [0.4, 0.5) is 4.79 Å². The first kappa shape index (κ1) is 17.1. The summed E-state index contributed by atoms with van der Waals surface area (Å²) in [7, 11) is 1.58. The Morgan fingerprint density at radius 3 is 2.87 bits per heavy atom. The monoisotopic (exact) mass is 333 g/mol. The van der Waals surface area contributed by atoms with Gasteiger partial charge in [-0.25, -0.2) is 4.79 Å². The van der Waals surface area contributed by atoms with Gasteiger partial charge < -0.3 is 15.4 Å². The largest absolute Gasteiger partial charge is 0.496 e. The van der Waals surface area contributed by atoms with E-state index in [4.69, 9.17) is 16.3 Å². The molecular weight excluding hydrogens is 314 g/mol. The minimum atomic E-state index is -0.274. The Kier molecular flexibility index (Phi) is 5.82. The van der Waals surface area contributed by atoms with Crippen molar-refractivity contribution in [3.63, 3.8) is 0 Å². The first-order valence-corrected chi connectivity index (χ1v) is 7.67. The Labute approximate surface area is 141 Å². The number of nitrogens with one attached hydrogen (secondary N) is 2. The van der Waals surface area contributed by atoms with Crippen LogP contribution in [0.15, 0.2) is 36.5 Å². The number of urea groups is 1. The van der Waals surface area contributed by atoms with Gasteiger partial charge in [0.1, 0.15) is 5.75 Å². The average molecular weight is 334 g/mol. The fourth-order valence-corrected chi connectivity index (χ4v) is 2.52. The van der Waals surface area contributed by atoms with Gasteiger partial charge in [-0.15, -0.1) is 0 Å². The van der Waals surface area contributed by atoms with E-state index in [1.54, 1.807) is 31.5 Å². The number of carbonyl (C=O) groups excluding carboxylic acids is 1. The Morgan fingerprint density at radius 1 is 1.39 bits per heavy atom. The standard InChI is InChI=1S/C17H20ClN3O2/c1-11-5-4-8-19-16(11)12(2)21-17(22)20-10-13-9-14(18)6-7-15(13)23-3/h4-9,12H,10H2,1-3H3,(H2,20,21,22). The summed E-state index contributed by atoms with van der Waals surface area (Å²) in [6.07, 6.45) is 1.72. The third kappa shape index (κ3) is 4.60. The predicted molar refractivity (Wildman–Crippen MR) is 90.8 cm³/mol. The molecule has 2 rings (SSSR count). The van der Waals surface area contributed by atoms with Gasteiger partial charge in [0.05, 0.1) is 18.8 Å². The molecule has 0 aliphatic rings.